The van der Waals surface area contributed by atoms with Crippen molar-refractivity contribution >= 4 is 63.0 Å². The zero-order valence-electron chi connectivity index (χ0n) is 21.4. The van der Waals surface area contributed by atoms with Crippen LogP contribution in [0.25, 0.3) is 73.7 Å². The van der Waals surface area contributed by atoms with Crippen LogP contribution in [0.1, 0.15) is 5.56 Å². The van der Waals surface area contributed by atoms with E-state index in [4.69, 9.17) is 0 Å². The van der Waals surface area contributed by atoms with Crippen LogP contribution < -0.4 is 0 Å². The van der Waals surface area contributed by atoms with Gasteiger partial charge in [0.2, 0.25) is 0 Å². The molecule has 0 radical (unpaired) electrons. The molecule has 6 aromatic carbocycles. The van der Waals surface area contributed by atoms with Crippen LogP contribution in [-0.2, 0) is 0 Å². The first kappa shape index (κ1) is 23.2. The Balaban J connectivity index is 1.39. The van der Waals surface area contributed by atoms with Crippen LogP contribution in [0.4, 0.5) is 0 Å². The van der Waals surface area contributed by atoms with Crippen LogP contribution in [0, 0.1) is 11.3 Å². The monoisotopic (exact) mass is 543 g/mol. The summed E-state index contributed by atoms with van der Waals surface area (Å²) in [5.74, 6) is 0. The molecule has 2 aromatic heterocycles. The summed E-state index contributed by atoms with van der Waals surface area (Å²) in [6.07, 6.45) is 0. The Hall–Kier alpha value is -4.75. The summed E-state index contributed by atoms with van der Waals surface area (Å²) in [7, 11) is 0. The Bertz CT molecular complexity index is 2290. The van der Waals surface area contributed by atoms with E-state index in [0.29, 0.717) is 5.56 Å². The average Bonchev–Trinajstić information content (AvgIpc) is 3.58. The van der Waals surface area contributed by atoms with E-state index in [-0.39, 0.29) is 0 Å². The molecule has 0 bridgehead atoms. The van der Waals surface area contributed by atoms with Crippen molar-refractivity contribution < 1.29 is 0 Å². The van der Waals surface area contributed by atoms with E-state index in [1.165, 1.54) is 62.6 Å². The van der Waals surface area contributed by atoms with Gasteiger partial charge in [0.15, 0.2) is 0 Å². The fourth-order valence-corrected chi connectivity index (χ4v) is 7.99. The van der Waals surface area contributed by atoms with Crippen molar-refractivity contribution in [2.45, 2.75) is 0 Å². The number of hydrogen-bond donors (Lipinski definition) is 0. The minimum absolute atomic E-state index is 0.687. The maximum Gasteiger partial charge on any atom is 0.0998 e. The summed E-state index contributed by atoms with van der Waals surface area (Å²) in [6.45, 7) is 0. The summed E-state index contributed by atoms with van der Waals surface area (Å²) in [6, 6.07) is 47.9. The largest absolute Gasteiger partial charge is 0.192 e. The highest BCUT2D eigenvalue weighted by atomic mass is 32.1. The van der Waals surface area contributed by atoms with E-state index in [9.17, 15) is 5.26 Å². The fraction of sp³-hybridized carbons (Fsp3) is 0. The summed E-state index contributed by atoms with van der Waals surface area (Å²) in [4.78, 5) is 0. The molecule has 0 aliphatic heterocycles. The van der Waals surface area contributed by atoms with Gasteiger partial charge in [-0.15, -0.1) is 22.7 Å². The molecule has 0 aliphatic carbocycles. The van der Waals surface area contributed by atoms with E-state index in [1.54, 1.807) is 0 Å². The van der Waals surface area contributed by atoms with Crippen molar-refractivity contribution in [2.24, 2.45) is 0 Å². The van der Waals surface area contributed by atoms with Gasteiger partial charge >= 0.3 is 0 Å². The van der Waals surface area contributed by atoms with Gasteiger partial charge in [-0.05, 0) is 81.9 Å². The van der Waals surface area contributed by atoms with Crippen molar-refractivity contribution in [3.8, 4) is 39.4 Å². The molecule has 0 aliphatic rings. The second kappa shape index (κ2) is 9.17. The van der Waals surface area contributed by atoms with Gasteiger partial charge in [-0.3, -0.25) is 0 Å². The lowest BCUT2D eigenvalue weighted by Gasteiger charge is -2.14. The predicted molar refractivity (Wildman–Crippen MR) is 173 cm³/mol. The van der Waals surface area contributed by atoms with Crippen LogP contribution >= 0.6 is 22.7 Å². The molecule has 0 saturated carbocycles. The van der Waals surface area contributed by atoms with Crippen molar-refractivity contribution in [3.05, 3.63) is 133 Å². The van der Waals surface area contributed by atoms with Crippen LogP contribution in [0.5, 0.6) is 0 Å². The maximum absolute atomic E-state index is 9.81. The van der Waals surface area contributed by atoms with Gasteiger partial charge in [0.25, 0.3) is 0 Å². The molecule has 0 atom stereocenters. The quantitative estimate of drug-likeness (QED) is 0.217. The van der Waals surface area contributed by atoms with Gasteiger partial charge in [0.05, 0.1) is 11.6 Å². The Labute approximate surface area is 239 Å². The molecule has 186 valence electrons. The topological polar surface area (TPSA) is 23.8 Å². The van der Waals surface area contributed by atoms with E-state index in [1.807, 2.05) is 46.9 Å². The highest BCUT2D eigenvalue weighted by Gasteiger charge is 2.15. The molecular weight excluding hydrogens is 523 g/mol. The number of rotatable bonds is 3. The molecule has 2 heterocycles. The Kier molecular flexibility index (Phi) is 5.31. The Morgan fingerprint density at radius 2 is 0.900 bits per heavy atom. The summed E-state index contributed by atoms with van der Waals surface area (Å²) in [5.41, 5.74) is 7.42. The van der Waals surface area contributed by atoms with Crippen LogP contribution in [0.15, 0.2) is 127 Å². The van der Waals surface area contributed by atoms with Gasteiger partial charge in [-0.25, -0.2) is 0 Å². The minimum Gasteiger partial charge on any atom is -0.192 e. The average molecular weight is 544 g/mol. The summed E-state index contributed by atoms with van der Waals surface area (Å²) < 4.78 is 5.22. The molecule has 1 nitrogen and oxygen atoms in total. The number of thiophene rings is 2. The van der Waals surface area contributed by atoms with E-state index in [2.05, 4.69) is 109 Å². The van der Waals surface area contributed by atoms with Gasteiger partial charge in [0, 0.05) is 40.3 Å². The maximum atomic E-state index is 9.81. The lowest BCUT2D eigenvalue weighted by atomic mass is 9.89. The molecular formula is C37H21NS2. The molecule has 40 heavy (non-hydrogen) atoms. The van der Waals surface area contributed by atoms with E-state index in [0.717, 1.165) is 11.1 Å². The van der Waals surface area contributed by atoms with Gasteiger partial charge in [0.1, 0.15) is 0 Å². The summed E-state index contributed by atoms with van der Waals surface area (Å²) in [5, 5.41) is 15.0. The zero-order chi connectivity index (χ0) is 26.6. The first-order chi connectivity index (χ1) is 19.8. The molecule has 8 aromatic rings. The number of fused-ring (bicyclic) bond motifs is 6. The molecule has 0 unspecified atom stereocenters. The highest BCUT2D eigenvalue weighted by Crippen LogP contribution is 2.42. The standard InChI is InChI=1S/C37H21NS2/c38-22-26-7-1-2-8-27(26)23-13-16-28(24-14-17-36-32(20-24)29-9-3-5-11-34(29)39-36)31(19-23)25-15-18-37-33(21-25)30-10-4-6-12-35(30)40-37/h1-21H. The predicted octanol–water partition coefficient (Wildman–Crippen LogP) is 11.3. The minimum atomic E-state index is 0.687. The van der Waals surface area contributed by atoms with Crippen LogP contribution in [-0.4, -0.2) is 0 Å². The molecule has 8 rings (SSSR count). The normalized spacial score (nSPS) is 11.5. The molecule has 0 fully saturated rings. The second-order valence-corrected chi connectivity index (χ2v) is 12.2. The van der Waals surface area contributed by atoms with E-state index < -0.39 is 0 Å². The van der Waals surface area contributed by atoms with Crippen LogP contribution in [0.3, 0.4) is 0 Å². The van der Waals surface area contributed by atoms with Gasteiger partial charge in [-0.2, -0.15) is 5.26 Å². The van der Waals surface area contributed by atoms with Gasteiger partial charge < -0.3 is 0 Å². The van der Waals surface area contributed by atoms with Crippen molar-refractivity contribution in [3.63, 3.8) is 0 Å². The van der Waals surface area contributed by atoms with Crippen molar-refractivity contribution in [2.75, 3.05) is 0 Å². The molecule has 0 saturated heterocycles. The fourth-order valence-electron chi connectivity index (χ4n) is 5.82. The number of benzene rings is 6. The van der Waals surface area contributed by atoms with Gasteiger partial charge in [-0.1, -0.05) is 78.9 Å². The molecule has 3 heteroatoms. The Morgan fingerprint density at radius 1 is 0.400 bits per heavy atom. The van der Waals surface area contributed by atoms with Crippen LogP contribution in [0.2, 0.25) is 0 Å². The third kappa shape index (κ3) is 3.66. The lowest BCUT2D eigenvalue weighted by molar-refractivity contribution is 1.48. The molecule has 0 spiro atoms. The smallest absolute Gasteiger partial charge is 0.0998 e. The third-order valence-electron chi connectivity index (χ3n) is 7.75. The SMILES string of the molecule is N#Cc1ccccc1-c1ccc(-c2ccc3sc4ccccc4c3c2)c(-c2ccc3sc4ccccc4c3c2)c1. The lowest BCUT2D eigenvalue weighted by Crippen LogP contribution is -1.90. The Morgan fingerprint density at radius 3 is 1.55 bits per heavy atom. The van der Waals surface area contributed by atoms with Crippen molar-refractivity contribution in [1.29, 1.82) is 5.26 Å². The molecule has 0 N–H and O–H groups in total. The number of nitriles is 1. The number of nitrogens with zero attached hydrogens (tertiary/aromatic N) is 1. The first-order valence-electron chi connectivity index (χ1n) is 13.2. The zero-order valence-corrected chi connectivity index (χ0v) is 23.0. The van der Waals surface area contributed by atoms with E-state index >= 15 is 0 Å². The third-order valence-corrected chi connectivity index (χ3v) is 10.1. The summed E-state index contributed by atoms with van der Waals surface area (Å²) >= 11 is 3.68. The second-order valence-electron chi connectivity index (χ2n) is 10.0. The first-order valence-corrected chi connectivity index (χ1v) is 14.9. The molecule has 0 amide bonds. The highest BCUT2D eigenvalue weighted by molar-refractivity contribution is 7.26. The number of hydrogen-bond acceptors (Lipinski definition) is 3. The van der Waals surface area contributed by atoms with Crippen molar-refractivity contribution in [1.82, 2.24) is 0 Å².